The Morgan fingerprint density at radius 2 is 1.72 bits per heavy atom. The molecular formula is C25H21F3N4O3S. The van der Waals surface area contributed by atoms with Crippen LogP contribution in [0.2, 0.25) is 0 Å². The molecule has 36 heavy (non-hydrogen) atoms. The average Bonchev–Trinajstić information content (AvgIpc) is 3.06. The van der Waals surface area contributed by atoms with E-state index in [0.717, 1.165) is 4.90 Å². The maximum absolute atomic E-state index is 13.1. The number of urea groups is 1. The minimum atomic E-state index is -4.44. The molecule has 0 radical (unpaired) electrons. The van der Waals surface area contributed by atoms with Crippen molar-refractivity contribution < 1.29 is 27.6 Å². The summed E-state index contributed by atoms with van der Waals surface area (Å²) in [5, 5.41) is 0. The molecule has 0 bridgehead atoms. The number of rotatable bonds is 6. The molecule has 2 heterocycles. The van der Waals surface area contributed by atoms with Gasteiger partial charge in [0.1, 0.15) is 11.7 Å². The van der Waals surface area contributed by atoms with Crippen LogP contribution in [0.15, 0.2) is 77.8 Å². The van der Waals surface area contributed by atoms with Crippen molar-refractivity contribution >= 4 is 41.0 Å². The van der Waals surface area contributed by atoms with Crippen molar-refractivity contribution in [1.82, 2.24) is 9.88 Å². The van der Waals surface area contributed by atoms with E-state index >= 15 is 0 Å². The number of hydrogen-bond donors (Lipinski definition) is 0. The summed E-state index contributed by atoms with van der Waals surface area (Å²) >= 11 is -0.275. The minimum Gasteiger partial charge on any atom is -0.310 e. The molecule has 4 rings (SSSR count). The fraction of sp³-hybridized carbons (Fsp3) is 0.200. The Morgan fingerprint density at radius 3 is 2.36 bits per heavy atom. The first-order valence-electron chi connectivity index (χ1n) is 10.8. The van der Waals surface area contributed by atoms with Gasteiger partial charge in [-0.2, -0.15) is 13.2 Å². The molecule has 3 aromatic rings. The van der Waals surface area contributed by atoms with Crippen LogP contribution in [0.1, 0.15) is 23.0 Å². The van der Waals surface area contributed by atoms with E-state index < -0.39 is 23.5 Å². The summed E-state index contributed by atoms with van der Waals surface area (Å²) in [6, 6.07) is 15.9. The molecule has 186 valence electrons. The number of carbonyl (C=O) groups is 3. The summed E-state index contributed by atoms with van der Waals surface area (Å²) in [5.41, 5.74) is -2.78. The predicted octanol–water partition coefficient (Wildman–Crippen LogP) is 5.33. The van der Waals surface area contributed by atoms with Gasteiger partial charge in [-0.1, -0.05) is 18.2 Å². The highest BCUT2D eigenvalue weighted by atomic mass is 32.2. The lowest BCUT2D eigenvalue weighted by molar-refractivity contribution is -0.119. The van der Waals surface area contributed by atoms with Crippen LogP contribution < -0.4 is 9.80 Å². The number of imide groups is 1. The maximum atomic E-state index is 13.1. The van der Waals surface area contributed by atoms with E-state index in [9.17, 15) is 27.6 Å². The molecule has 1 atom stereocenters. The van der Waals surface area contributed by atoms with Crippen molar-refractivity contribution in [3.63, 3.8) is 0 Å². The molecular weight excluding hydrogens is 493 g/mol. The Balaban J connectivity index is 1.50. The second-order valence-corrected chi connectivity index (χ2v) is 9.19. The number of benzene rings is 2. The lowest BCUT2D eigenvalue weighted by atomic mass is 10.2. The van der Waals surface area contributed by atoms with Gasteiger partial charge in [-0.25, -0.2) is 9.69 Å². The third-order valence-electron chi connectivity index (χ3n) is 5.66. The van der Waals surface area contributed by atoms with Gasteiger partial charge in [0.25, 0.3) is 11.8 Å². The zero-order valence-corrected chi connectivity index (χ0v) is 20.1. The Hall–Kier alpha value is -3.86. The second kappa shape index (κ2) is 10.0. The molecule has 0 spiro atoms. The molecule has 1 unspecified atom stereocenters. The van der Waals surface area contributed by atoms with Crippen LogP contribution >= 0.6 is 11.8 Å². The molecule has 1 aliphatic heterocycles. The number of aromatic nitrogens is 1. The van der Waals surface area contributed by atoms with E-state index in [0.29, 0.717) is 11.3 Å². The highest BCUT2D eigenvalue weighted by Gasteiger charge is 2.43. The standard InChI is InChI=1S/C25H21F3N4O3S/c1-16-22(33)32(19-8-10-20(11-9-19)36-25(26,27)28)24(35)31(16)15-17-12-13-29-21(14-17)23(34)30(2)18-6-4-3-5-7-18/h3-14,16H,15H2,1-2H3. The van der Waals surface area contributed by atoms with Gasteiger partial charge in [-0.15, -0.1) is 0 Å². The van der Waals surface area contributed by atoms with E-state index in [-0.39, 0.29) is 40.5 Å². The van der Waals surface area contributed by atoms with Crippen molar-refractivity contribution in [3.8, 4) is 0 Å². The van der Waals surface area contributed by atoms with Gasteiger partial charge >= 0.3 is 11.5 Å². The number of pyridine rings is 1. The van der Waals surface area contributed by atoms with Gasteiger partial charge < -0.3 is 9.80 Å². The molecule has 0 aliphatic carbocycles. The first-order valence-corrected chi connectivity index (χ1v) is 11.7. The third-order valence-corrected chi connectivity index (χ3v) is 6.39. The SMILES string of the molecule is CC1C(=O)N(c2ccc(SC(F)(F)F)cc2)C(=O)N1Cc1ccnc(C(=O)N(C)c2ccccc2)c1. The summed E-state index contributed by atoms with van der Waals surface area (Å²) in [4.78, 5) is 46.7. The maximum Gasteiger partial charge on any atom is 0.446 e. The molecule has 7 nitrogen and oxygen atoms in total. The molecule has 1 saturated heterocycles. The quantitative estimate of drug-likeness (QED) is 0.329. The smallest absolute Gasteiger partial charge is 0.310 e. The van der Waals surface area contributed by atoms with E-state index in [2.05, 4.69) is 4.98 Å². The highest BCUT2D eigenvalue weighted by molar-refractivity contribution is 8.00. The number of nitrogens with zero attached hydrogens (tertiary/aromatic N) is 4. The zero-order chi connectivity index (χ0) is 26.0. The zero-order valence-electron chi connectivity index (χ0n) is 19.3. The van der Waals surface area contributed by atoms with E-state index in [1.165, 1.54) is 40.3 Å². The summed E-state index contributed by atoms with van der Waals surface area (Å²) in [6.07, 6.45) is 1.46. The van der Waals surface area contributed by atoms with Crippen LogP contribution in [0.3, 0.4) is 0 Å². The normalized spacial score (nSPS) is 16.0. The first kappa shape index (κ1) is 25.2. The monoisotopic (exact) mass is 514 g/mol. The molecule has 1 fully saturated rings. The number of carbonyl (C=O) groups excluding carboxylic acids is 3. The van der Waals surface area contributed by atoms with Crippen molar-refractivity contribution in [3.05, 3.63) is 84.2 Å². The van der Waals surface area contributed by atoms with Gasteiger partial charge in [-0.3, -0.25) is 14.6 Å². The number of alkyl halides is 3. The average molecular weight is 515 g/mol. The molecule has 11 heteroatoms. The van der Waals surface area contributed by atoms with Crippen LogP contribution in [-0.4, -0.2) is 46.3 Å². The Bertz CT molecular complexity index is 1290. The molecule has 4 amide bonds. The van der Waals surface area contributed by atoms with Crippen molar-refractivity contribution in [2.75, 3.05) is 16.8 Å². The molecule has 0 saturated carbocycles. The van der Waals surface area contributed by atoms with E-state index in [1.54, 1.807) is 38.2 Å². The summed E-state index contributed by atoms with van der Waals surface area (Å²) in [5.74, 6) is -0.830. The van der Waals surface area contributed by atoms with Crippen LogP contribution in [-0.2, 0) is 11.3 Å². The number of para-hydroxylation sites is 1. The Labute approximate surface area is 209 Å². The van der Waals surface area contributed by atoms with Gasteiger partial charge in [0, 0.05) is 30.4 Å². The van der Waals surface area contributed by atoms with Crippen LogP contribution in [0, 0.1) is 0 Å². The van der Waals surface area contributed by atoms with E-state index in [4.69, 9.17) is 0 Å². The van der Waals surface area contributed by atoms with Crippen LogP contribution in [0.5, 0.6) is 0 Å². The molecule has 1 aromatic heterocycles. The number of hydrogen-bond acceptors (Lipinski definition) is 5. The van der Waals surface area contributed by atoms with Crippen molar-refractivity contribution in [2.24, 2.45) is 0 Å². The van der Waals surface area contributed by atoms with Gasteiger partial charge in [0.15, 0.2) is 0 Å². The number of anilines is 2. The number of halogens is 3. The van der Waals surface area contributed by atoms with Gasteiger partial charge in [-0.05, 0) is 72.8 Å². The first-order chi connectivity index (χ1) is 17.0. The summed E-state index contributed by atoms with van der Waals surface area (Å²) in [6.45, 7) is 1.62. The molecule has 0 N–H and O–H groups in total. The second-order valence-electron chi connectivity index (χ2n) is 8.05. The Morgan fingerprint density at radius 1 is 1.06 bits per heavy atom. The summed E-state index contributed by atoms with van der Waals surface area (Å²) in [7, 11) is 1.63. The lowest BCUT2D eigenvalue weighted by Gasteiger charge is -2.20. The Kier molecular flexibility index (Phi) is 7.02. The van der Waals surface area contributed by atoms with Crippen LogP contribution in [0.25, 0.3) is 0 Å². The number of thioether (sulfide) groups is 1. The summed E-state index contributed by atoms with van der Waals surface area (Å²) < 4.78 is 37.8. The predicted molar refractivity (Wildman–Crippen MR) is 130 cm³/mol. The molecule has 1 aliphatic rings. The highest BCUT2D eigenvalue weighted by Crippen LogP contribution is 2.38. The van der Waals surface area contributed by atoms with Gasteiger partial charge in [0.2, 0.25) is 0 Å². The fourth-order valence-corrected chi connectivity index (χ4v) is 4.31. The van der Waals surface area contributed by atoms with E-state index in [1.807, 2.05) is 18.2 Å². The lowest BCUT2D eigenvalue weighted by Crippen LogP contribution is -2.33. The van der Waals surface area contributed by atoms with Crippen molar-refractivity contribution in [2.45, 2.75) is 29.9 Å². The topological polar surface area (TPSA) is 73.8 Å². The third kappa shape index (κ3) is 5.35. The largest absolute Gasteiger partial charge is 0.446 e. The number of amides is 4. The van der Waals surface area contributed by atoms with Gasteiger partial charge in [0.05, 0.1) is 5.69 Å². The molecule has 2 aromatic carbocycles. The fourth-order valence-electron chi connectivity index (χ4n) is 3.77. The van der Waals surface area contributed by atoms with Crippen molar-refractivity contribution in [1.29, 1.82) is 0 Å². The van der Waals surface area contributed by atoms with Crippen LogP contribution in [0.4, 0.5) is 29.3 Å². The minimum absolute atomic E-state index is 0.0438.